The summed E-state index contributed by atoms with van der Waals surface area (Å²) in [6.07, 6.45) is 0.433. The number of aliphatic hydroxyl groups is 1. The van der Waals surface area contributed by atoms with Gasteiger partial charge in [-0.05, 0) is 18.6 Å². The van der Waals surface area contributed by atoms with Crippen LogP contribution in [0.3, 0.4) is 0 Å². The number of rotatable bonds is 5. The number of hydrogen-bond donors (Lipinski definition) is 3. The molecule has 0 saturated carbocycles. The Hall–Kier alpha value is -2.15. The summed E-state index contributed by atoms with van der Waals surface area (Å²) < 4.78 is 0. The van der Waals surface area contributed by atoms with Gasteiger partial charge in [0, 0.05) is 24.8 Å². The van der Waals surface area contributed by atoms with Gasteiger partial charge < -0.3 is 16.2 Å². The molecule has 17 heavy (non-hydrogen) atoms. The van der Waals surface area contributed by atoms with Crippen molar-refractivity contribution in [2.24, 2.45) is 0 Å². The van der Waals surface area contributed by atoms with Crippen LogP contribution in [0.1, 0.15) is 16.8 Å². The number of nitro benzene ring substituents is 1. The summed E-state index contributed by atoms with van der Waals surface area (Å²) in [5, 5.41) is 21.7. The molecule has 7 heteroatoms. The van der Waals surface area contributed by atoms with Crippen molar-refractivity contribution in [3.05, 3.63) is 33.9 Å². The molecule has 0 bridgehead atoms. The van der Waals surface area contributed by atoms with Crippen molar-refractivity contribution < 1.29 is 14.8 Å². The van der Waals surface area contributed by atoms with Crippen LogP contribution < -0.4 is 11.1 Å². The molecule has 0 radical (unpaired) electrons. The Balaban J connectivity index is 2.81. The molecule has 1 rings (SSSR count). The van der Waals surface area contributed by atoms with Crippen molar-refractivity contribution in [2.75, 3.05) is 18.9 Å². The Morgan fingerprint density at radius 3 is 2.82 bits per heavy atom. The number of amides is 1. The van der Waals surface area contributed by atoms with Crippen LogP contribution in [-0.4, -0.2) is 29.1 Å². The Labute approximate surface area is 97.4 Å². The van der Waals surface area contributed by atoms with E-state index >= 15 is 0 Å². The van der Waals surface area contributed by atoms with Crippen molar-refractivity contribution in [3.63, 3.8) is 0 Å². The van der Waals surface area contributed by atoms with Crippen LogP contribution in [0, 0.1) is 10.1 Å². The zero-order valence-electron chi connectivity index (χ0n) is 9.05. The summed E-state index contributed by atoms with van der Waals surface area (Å²) >= 11 is 0. The van der Waals surface area contributed by atoms with Gasteiger partial charge in [-0.1, -0.05) is 0 Å². The summed E-state index contributed by atoms with van der Waals surface area (Å²) in [6, 6.07) is 3.86. The Bertz CT molecular complexity index is 434. The molecule has 0 aromatic heterocycles. The third kappa shape index (κ3) is 3.42. The number of nitrogen functional groups attached to an aromatic ring is 1. The summed E-state index contributed by atoms with van der Waals surface area (Å²) in [6.45, 7) is 0.287. The molecule has 1 amide bonds. The smallest absolute Gasteiger partial charge is 0.292 e. The molecule has 0 aliphatic rings. The average Bonchev–Trinajstić information content (AvgIpc) is 2.29. The lowest BCUT2D eigenvalue weighted by molar-refractivity contribution is -0.383. The van der Waals surface area contributed by atoms with Gasteiger partial charge >= 0.3 is 0 Å². The predicted molar refractivity (Wildman–Crippen MR) is 61.5 cm³/mol. The minimum absolute atomic E-state index is 0.0157. The van der Waals surface area contributed by atoms with Gasteiger partial charge in [0.2, 0.25) is 0 Å². The van der Waals surface area contributed by atoms with E-state index in [4.69, 9.17) is 10.8 Å². The van der Waals surface area contributed by atoms with Crippen molar-refractivity contribution in [2.45, 2.75) is 6.42 Å². The maximum atomic E-state index is 11.5. The molecule has 1 aromatic rings. The van der Waals surface area contributed by atoms with Crippen molar-refractivity contribution in [1.29, 1.82) is 0 Å². The number of aliphatic hydroxyl groups excluding tert-OH is 1. The van der Waals surface area contributed by atoms with Gasteiger partial charge in [0.1, 0.15) is 5.69 Å². The normalized spacial score (nSPS) is 9.94. The Morgan fingerprint density at radius 1 is 1.53 bits per heavy atom. The highest BCUT2D eigenvalue weighted by atomic mass is 16.6. The van der Waals surface area contributed by atoms with Crippen LogP contribution in [0.4, 0.5) is 11.4 Å². The van der Waals surface area contributed by atoms with E-state index in [1.807, 2.05) is 0 Å². The lowest BCUT2D eigenvalue weighted by Crippen LogP contribution is -2.25. The van der Waals surface area contributed by atoms with Gasteiger partial charge in [0.05, 0.1) is 4.92 Å². The number of nitrogens with zero attached hydrogens (tertiary/aromatic N) is 1. The molecule has 0 aliphatic carbocycles. The fourth-order valence-electron chi connectivity index (χ4n) is 1.23. The number of hydrogen-bond acceptors (Lipinski definition) is 5. The van der Waals surface area contributed by atoms with Crippen LogP contribution in [0.25, 0.3) is 0 Å². The van der Waals surface area contributed by atoms with Gasteiger partial charge in [0.25, 0.3) is 11.6 Å². The lowest BCUT2D eigenvalue weighted by Gasteiger charge is -2.04. The summed E-state index contributed by atoms with van der Waals surface area (Å²) in [4.78, 5) is 21.5. The molecule has 92 valence electrons. The first kappa shape index (κ1) is 12.9. The average molecular weight is 239 g/mol. The fourth-order valence-corrected chi connectivity index (χ4v) is 1.23. The molecule has 7 nitrogen and oxygen atoms in total. The monoisotopic (exact) mass is 239 g/mol. The molecule has 0 atom stereocenters. The van der Waals surface area contributed by atoms with Crippen LogP contribution in [0.15, 0.2) is 18.2 Å². The number of carbonyl (C=O) groups excluding carboxylic acids is 1. The largest absolute Gasteiger partial charge is 0.396 e. The molecule has 4 N–H and O–H groups in total. The second kappa shape index (κ2) is 5.80. The third-order valence-corrected chi connectivity index (χ3v) is 2.11. The SMILES string of the molecule is Nc1ccc(C(=O)NCCCO)cc1[N+](=O)[O-]. The van der Waals surface area contributed by atoms with E-state index in [1.54, 1.807) is 0 Å². The molecule has 0 unspecified atom stereocenters. The number of nitrogens with one attached hydrogen (secondary N) is 1. The molecular weight excluding hydrogens is 226 g/mol. The minimum atomic E-state index is -0.639. The molecule has 0 heterocycles. The molecule has 1 aromatic carbocycles. The highest BCUT2D eigenvalue weighted by Gasteiger charge is 2.15. The predicted octanol–water partition coefficient (Wildman–Crippen LogP) is 0.289. The molecule has 0 spiro atoms. The van der Waals surface area contributed by atoms with Crippen molar-refractivity contribution in [1.82, 2.24) is 5.32 Å². The Kier molecular flexibility index (Phi) is 4.41. The van der Waals surface area contributed by atoms with Crippen LogP contribution in [-0.2, 0) is 0 Å². The maximum absolute atomic E-state index is 11.5. The summed E-state index contributed by atoms with van der Waals surface area (Å²) in [7, 11) is 0. The number of nitro groups is 1. The molecule has 0 fully saturated rings. The quantitative estimate of drug-likeness (QED) is 0.295. The van der Waals surface area contributed by atoms with Crippen LogP contribution in [0.2, 0.25) is 0 Å². The molecular formula is C10H13N3O4. The second-order valence-corrected chi connectivity index (χ2v) is 3.36. The van der Waals surface area contributed by atoms with E-state index in [2.05, 4.69) is 5.32 Å². The number of anilines is 1. The summed E-state index contributed by atoms with van der Waals surface area (Å²) in [5.41, 5.74) is 5.30. The topological polar surface area (TPSA) is 118 Å². The Morgan fingerprint density at radius 2 is 2.24 bits per heavy atom. The van der Waals surface area contributed by atoms with E-state index < -0.39 is 10.8 Å². The third-order valence-electron chi connectivity index (χ3n) is 2.11. The lowest BCUT2D eigenvalue weighted by atomic mass is 10.1. The van der Waals surface area contributed by atoms with E-state index in [0.29, 0.717) is 13.0 Å². The highest BCUT2D eigenvalue weighted by molar-refractivity contribution is 5.95. The molecule has 0 aliphatic heterocycles. The minimum Gasteiger partial charge on any atom is -0.396 e. The van der Waals surface area contributed by atoms with E-state index in [0.717, 1.165) is 6.07 Å². The first-order valence-corrected chi connectivity index (χ1v) is 4.99. The van der Waals surface area contributed by atoms with Gasteiger partial charge in [-0.15, -0.1) is 0 Å². The van der Waals surface area contributed by atoms with Gasteiger partial charge in [-0.25, -0.2) is 0 Å². The standard InChI is InChI=1S/C10H13N3O4/c11-8-3-2-7(6-9(8)13(16)17)10(15)12-4-1-5-14/h2-3,6,14H,1,4-5,11H2,(H,12,15). The van der Waals surface area contributed by atoms with Crippen LogP contribution in [0.5, 0.6) is 0 Å². The number of benzene rings is 1. The van der Waals surface area contributed by atoms with Gasteiger partial charge in [-0.3, -0.25) is 14.9 Å². The van der Waals surface area contributed by atoms with Crippen molar-refractivity contribution in [3.8, 4) is 0 Å². The molecule has 0 saturated heterocycles. The first-order valence-electron chi connectivity index (χ1n) is 4.99. The fraction of sp³-hybridized carbons (Fsp3) is 0.300. The number of nitrogens with two attached hydrogens (primary N) is 1. The zero-order valence-corrected chi connectivity index (χ0v) is 9.05. The van der Waals surface area contributed by atoms with Gasteiger partial charge in [0.15, 0.2) is 0 Å². The van der Waals surface area contributed by atoms with Crippen LogP contribution >= 0.6 is 0 Å². The van der Waals surface area contributed by atoms with E-state index in [-0.39, 0.29) is 23.5 Å². The summed E-state index contributed by atoms with van der Waals surface area (Å²) in [5.74, 6) is -0.429. The zero-order chi connectivity index (χ0) is 12.8. The number of carbonyl (C=O) groups is 1. The van der Waals surface area contributed by atoms with Gasteiger partial charge in [-0.2, -0.15) is 0 Å². The van der Waals surface area contributed by atoms with E-state index in [9.17, 15) is 14.9 Å². The second-order valence-electron chi connectivity index (χ2n) is 3.36. The highest BCUT2D eigenvalue weighted by Crippen LogP contribution is 2.22. The maximum Gasteiger partial charge on any atom is 0.292 e. The van der Waals surface area contributed by atoms with Crippen molar-refractivity contribution >= 4 is 17.3 Å². The van der Waals surface area contributed by atoms with E-state index in [1.165, 1.54) is 12.1 Å². The first-order chi connectivity index (χ1) is 8.06.